The van der Waals surface area contributed by atoms with E-state index < -0.39 is 5.97 Å². The Morgan fingerprint density at radius 3 is 2.63 bits per heavy atom. The lowest BCUT2D eigenvalue weighted by molar-refractivity contribution is -0.137. The number of halogens is 1. The summed E-state index contributed by atoms with van der Waals surface area (Å²) < 4.78 is 13.2. The van der Waals surface area contributed by atoms with Crippen molar-refractivity contribution in [2.75, 3.05) is 13.1 Å². The molecule has 0 unspecified atom stereocenters. The summed E-state index contributed by atoms with van der Waals surface area (Å²) in [5.74, 6) is -1.35. The SMILES string of the molecule is Cc1cc(C(=O)N(CC(=O)O)CC2CC2)ccc1F. The largest absolute Gasteiger partial charge is 0.480 e. The second kappa shape index (κ2) is 5.38. The monoisotopic (exact) mass is 265 g/mol. The van der Waals surface area contributed by atoms with Gasteiger partial charge in [-0.3, -0.25) is 9.59 Å². The maximum absolute atomic E-state index is 13.2. The number of carbonyl (C=O) groups excluding carboxylic acids is 1. The highest BCUT2D eigenvalue weighted by molar-refractivity contribution is 5.96. The summed E-state index contributed by atoms with van der Waals surface area (Å²) in [4.78, 5) is 24.4. The Labute approximate surface area is 110 Å². The molecule has 19 heavy (non-hydrogen) atoms. The average molecular weight is 265 g/mol. The zero-order chi connectivity index (χ0) is 14.0. The lowest BCUT2D eigenvalue weighted by Gasteiger charge is -2.20. The van der Waals surface area contributed by atoms with E-state index in [-0.39, 0.29) is 18.3 Å². The Bertz CT molecular complexity index is 511. The summed E-state index contributed by atoms with van der Waals surface area (Å²) in [6, 6.07) is 4.09. The summed E-state index contributed by atoms with van der Waals surface area (Å²) in [5.41, 5.74) is 0.716. The zero-order valence-corrected chi connectivity index (χ0v) is 10.7. The number of benzene rings is 1. The van der Waals surface area contributed by atoms with Crippen molar-refractivity contribution in [2.45, 2.75) is 19.8 Å². The molecule has 0 bridgehead atoms. The normalized spacial score (nSPS) is 14.2. The summed E-state index contributed by atoms with van der Waals surface area (Å²) in [7, 11) is 0. The van der Waals surface area contributed by atoms with Gasteiger partial charge in [0.1, 0.15) is 12.4 Å². The van der Waals surface area contributed by atoms with Gasteiger partial charge in [0.05, 0.1) is 0 Å². The van der Waals surface area contributed by atoms with E-state index in [1.54, 1.807) is 6.92 Å². The summed E-state index contributed by atoms with van der Waals surface area (Å²) >= 11 is 0. The number of carboxylic acids is 1. The maximum Gasteiger partial charge on any atom is 0.323 e. The minimum Gasteiger partial charge on any atom is -0.480 e. The second-order valence-corrected chi connectivity index (χ2v) is 4.99. The van der Waals surface area contributed by atoms with Crippen LogP contribution in [-0.4, -0.2) is 35.0 Å². The number of hydrogen-bond acceptors (Lipinski definition) is 2. The van der Waals surface area contributed by atoms with Crippen LogP contribution in [0.3, 0.4) is 0 Å². The Morgan fingerprint density at radius 2 is 2.11 bits per heavy atom. The Hall–Kier alpha value is -1.91. The number of amides is 1. The van der Waals surface area contributed by atoms with Gasteiger partial charge in [0.15, 0.2) is 0 Å². The molecule has 2 rings (SSSR count). The first kappa shape index (κ1) is 13.5. The molecule has 1 amide bonds. The molecule has 0 saturated heterocycles. The first-order valence-corrected chi connectivity index (χ1v) is 6.24. The van der Waals surface area contributed by atoms with Crippen LogP contribution in [0.15, 0.2) is 18.2 Å². The average Bonchev–Trinajstić information content (AvgIpc) is 3.14. The molecular weight excluding hydrogens is 249 g/mol. The Morgan fingerprint density at radius 1 is 1.42 bits per heavy atom. The van der Waals surface area contributed by atoms with Crippen LogP contribution >= 0.6 is 0 Å². The van der Waals surface area contributed by atoms with Crippen LogP contribution in [-0.2, 0) is 4.79 Å². The van der Waals surface area contributed by atoms with Crippen LogP contribution in [0.25, 0.3) is 0 Å². The summed E-state index contributed by atoms with van der Waals surface area (Å²) in [5, 5.41) is 8.86. The molecule has 0 heterocycles. The van der Waals surface area contributed by atoms with Crippen molar-refractivity contribution in [1.29, 1.82) is 0 Å². The van der Waals surface area contributed by atoms with Gasteiger partial charge in [0.2, 0.25) is 0 Å². The lowest BCUT2D eigenvalue weighted by Crippen LogP contribution is -2.37. The van der Waals surface area contributed by atoms with Crippen molar-refractivity contribution in [2.24, 2.45) is 5.92 Å². The topological polar surface area (TPSA) is 57.6 Å². The third-order valence-corrected chi connectivity index (χ3v) is 3.19. The molecule has 1 aromatic carbocycles. The molecule has 102 valence electrons. The standard InChI is InChI=1S/C14H16FNO3/c1-9-6-11(4-5-12(9)15)14(19)16(8-13(17)18)7-10-2-3-10/h4-6,10H,2-3,7-8H2,1H3,(H,17,18). The summed E-state index contributed by atoms with van der Waals surface area (Å²) in [6.45, 7) is 1.72. The molecule has 1 aromatic rings. The zero-order valence-electron chi connectivity index (χ0n) is 10.7. The van der Waals surface area contributed by atoms with Gasteiger partial charge >= 0.3 is 5.97 Å². The van der Waals surface area contributed by atoms with Gasteiger partial charge in [-0.2, -0.15) is 0 Å². The molecular formula is C14H16FNO3. The predicted octanol–water partition coefficient (Wildman–Crippen LogP) is 2.07. The second-order valence-electron chi connectivity index (χ2n) is 4.99. The summed E-state index contributed by atoms with van der Waals surface area (Å²) in [6.07, 6.45) is 2.07. The van der Waals surface area contributed by atoms with Gasteiger partial charge in [0.25, 0.3) is 5.91 Å². The van der Waals surface area contributed by atoms with E-state index in [1.165, 1.54) is 23.1 Å². The van der Waals surface area contributed by atoms with Gasteiger partial charge in [-0.05, 0) is 49.4 Å². The third kappa shape index (κ3) is 3.53. The minimum atomic E-state index is -1.03. The van der Waals surface area contributed by atoms with Crippen LogP contribution in [0.2, 0.25) is 0 Å². The van der Waals surface area contributed by atoms with Gasteiger partial charge < -0.3 is 10.0 Å². The molecule has 0 spiro atoms. The van der Waals surface area contributed by atoms with Crippen LogP contribution in [0.4, 0.5) is 4.39 Å². The molecule has 1 N–H and O–H groups in total. The van der Waals surface area contributed by atoms with Crippen LogP contribution in [0, 0.1) is 18.7 Å². The minimum absolute atomic E-state index is 0.314. The van der Waals surface area contributed by atoms with E-state index in [0.717, 1.165) is 12.8 Å². The molecule has 4 nitrogen and oxygen atoms in total. The van der Waals surface area contributed by atoms with Gasteiger partial charge in [-0.25, -0.2) is 4.39 Å². The Kier molecular flexibility index (Phi) is 3.83. The molecule has 1 saturated carbocycles. The molecule has 0 aromatic heterocycles. The maximum atomic E-state index is 13.2. The van der Waals surface area contributed by atoms with Crippen molar-refractivity contribution in [3.8, 4) is 0 Å². The number of aliphatic carboxylic acids is 1. The molecule has 1 aliphatic rings. The van der Waals surface area contributed by atoms with Crippen LogP contribution in [0.5, 0.6) is 0 Å². The first-order chi connectivity index (χ1) is 8.97. The highest BCUT2D eigenvalue weighted by atomic mass is 19.1. The number of carbonyl (C=O) groups is 2. The fourth-order valence-corrected chi connectivity index (χ4v) is 1.95. The van der Waals surface area contributed by atoms with Crippen molar-refractivity contribution in [1.82, 2.24) is 4.90 Å². The van der Waals surface area contributed by atoms with Gasteiger partial charge in [-0.1, -0.05) is 0 Å². The van der Waals surface area contributed by atoms with E-state index >= 15 is 0 Å². The smallest absolute Gasteiger partial charge is 0.323 e. The number of nitrogens with zero attached hydrogens (tertiary/aromatic N) is 1. The molecule has 0 aliphatic heterocycles. The molecule has 0 atom stereocenters. The fraction of sp³-hybridized carbons (Fsp3) is 0.429. The van der Waals surface area contributed by atoms with Crippen molar-refractivity contribution >= 4 is 11.9 Å². The van der Waals surface area contributed by atoms with Crippen LogP contribution < -0.4 is 0 Å². The highest BCUT2D eigenvalue weighted by Crippen LogP contribution is 2.30. The van der Waals surface area contributed by atoms with E-state index in [4.69, 9.17) is 5.11 Å². The highest BCUT2D eigenvalue weighted by Gasteiger charge is 2.28. The van der Waals surface area contributed by atoms with E-state index in [0.29, 0.717) is 23.6 Å². The van der Waals surface area contributed by atoms with Gasteiger partial charge in [-0.15, -0.1) is 0 Å². The first-order valence-electron chi connectivity index (χ1n) is 6.24. The molecule has 0 radical (unpaired) electrons. The number of hydrogen-bond donors (Lipinski definition) is 1. The van der Waals surface area contributed by atoms with E-state index in [2.05, 4.69) is 0 Å². The van der Waals surface area contributed by atoms with Gasteiger partial charge in [0, 0.05) is 12.1 Å². The molecule has 1 fully saturated rings. The van der Waals surface area contributed by atoms with Crippen molar-refractivity contribution in [3.63, 3.8) is 0 Å². The Balaban J connectivity index is 2.16. The van der Waals surface area contributed by atoms with Crippen LogP contribution in [0.1, 0.15) is 28.8 Å². The molecule has 5 heteroatoms. The quantitative estimate of drug-likeness (QED) is 0.886. The predicted molar refractivity (Wildman–Crippen MR) is 67.4 cm³/mol. The van der Waals surface area contributed by atoms with Crippen molar-refractivity contribution in [3.05, 3.63) is 35.1 Å². The lowest BCUT2D eigenvalue weighted by atomic mass is 10.1. The van der Waals surface area contributed by atoms with E-state index in [9.17, 15) is 14.0 Å². The third-order valence-electron chi connectivity index (χ3n) is 3.19. The number of rotatable bonds is 5. The molecule has 1 aliphatic carbocycles. The fourth-order valence-electron chi connectivity index (χ4n) is 1.95. The number of aryl methyl sites for hydroxylation is 1. The number of carboxylic acid groups (broad SMARTS) is 1. The van der Waals surface area contributed by atoms with Crippen molar-refractivity contribution < 1.29 is 19.1 Å². The van der Waals surface area contributed by atoms with E-state index in [1.807, 2.05) is 0 Å².